The SMILES string of the molecule is [CH2-]NC(=S)[S-].[Y].[Y].[Y]. The second-order valence-electron chi connectivity index (χ2n) is 0.464. The summed E-state index contributed by atoms with van der Waals surface area (Å²) in [6.07, 6.45) is 0. The molecular formula is C2H3NS2Y3-2. The zero-order valence-electron chi connectivity index (χ0n) is 4.26. The van der Waals surface area contributed by atoms with E-state index in [1.807, 2.05) is 0 Å². The van der Waals surface area contributed by atoms with Crippen LogP contribution in [0, 0.1) is 7.05 Å². The molecule has 6 heteroatoms. The zero-order valence-corrected chi connectivity index (χ0v) is 14.4. The minimum Gasteiger partial charge on any atom is -0.554 e. The van der Waals surface area contributed by atoms with Crippen LogP contribution >= 0.6 is 12.2 Å². The molecule has 0 saturated carbocycles. The fourth-order valence-electron chi connectivity index (χ4n) is 0. The number of nitrogens with one attached hydrogen (secondary N) is 1. The molecular weight excluding hydrogens is 369 g/mol. The first-order chi connectivity index (χ1) is 2.27. The molecule has 8 heavy (non-hydrogen) atoms. The van der Waals surface area contributed by atoms with Gasteiger partial charge in [-0.1, -0.05) is 4.32 Å². The second-order valence-corrected chi connectivity index (χ2v) is 1.54. The van der Waals surface area contributed by atoms with Crippen LogP contribution in [0.5, 0.6) is 0 Å². The van der Waals surface area contributed by atoms with Gasteiger partial charge in [0.1, 0.15) is 0 Å². The van der Waals surface area contributed by atoms with Crippen LogP contribution in [0.3, 0.4) is 0 Å². The van der Waals surface area contributed by atoms with Crippen molar-refractivity contribution in [3.8, 4) is 0 Å². The molecule has 0 aromatic heterocycles. The Bertz CT molecular complexity index is 50.5. The van der Waals surface area contributed by atoms with E-state index in [1.165, 1.54) is 0 Å². The van der Waals surface area contributed by atoms with E-state index in [0.29, 0.717) is 4.32 Å². The van der Waals surface area contributed by atoms with Gasteiger partial charge in [-0.05, 0) is 0 Å². The normalized spacial score (nSPS) is 4.12. The minimum absolute atomic E-state index is 0. The van der Waals surface area contributed by atoms with E-state index >= 15 is 0 Å². The van der Waals surface area contributed by atoms with Crippen LogP contribution in [0.4, 0.5) is 0 Å². The van der Waals surface area contributed by atoms with Crippen molar-refractivity contribution in [1.82, 2.24) is 5.32 Å². The Morgan fingerprint density at radius 2 is 1.50 bits per heavy atom. The Hall–Kier alpha value is 3.42. The standard InChI is InChI=1S/C2H4NS2.3Y/c1-3-2(4)5;;;/h1H2,(H2,3,4,5);;;/q-1;;;/p-1. The average Bonchev–Trinajstić information content (AvgIpc) is 1.38. The molecule has 39 valence electrons. The van der Waals surface area contributed by atoms with Gasteiger partial charge in [-0.25, -0.2) is 0 Å². The number of thiocarbonyl (C=S) groups is 1. The summed E-state index contributed by atoms with van der Waals surface area (Å²) in [5, 5.41) is 2.32. The van der Waals surface area contributed by atoms with E-state index in [0.717, 1.165) is 0 Å². The maximum atomic E-state index is 4.34. The Balaban J connectivity index is -0.0000000267. The van der Waals surface area contributed by atoms with Crippen LogP contribution < -0.4 is 5.32 Å². The molecule has 0 aliphatic heterocycles. The van der Waals surface area contributed by atoms with Crippen molar-refractivity contribution >= 4 is 29.2 Å². The van der Waals surface area contributed by atoms with Crippen LogP contribution in [0.15, 0.2) is 0 Å². The van der Waals surface area contributed by atoms with Gasteiger partial charge in [-0.15, -0.1) is 0 Å². The third-order valence-electron chi connectivity index (χ3n) is 0.144. The van der Waals surface area contributed by atoms with Gasteiger partial charge in [0.25, 0.3) is 0 Å². The smallest absolute Gasteiger partial charge is 0 e. The largest absolute Gasteiger partial charge is 0.554 e. The Morgan fingerprint density at radius 3 is 1.50 bits per heavy atom. The predicted molar refractivity (Wildman–Crippen MR) is 28.5 cm³/mol. The van der Waals surface area contributed by atoms with Crippen molar-refractivity contribution in [2.45, 2.75) is 0 Å². The average molecular weight is 372 g/mol. The molecule has 1 nitrogen and oxygen atoms in total. The molecule has 0 aliphatic rings. The Kier molecular flexibility index (Phi) is 47.3. The van der Waals surface area contributed by atoms with Crippen LogP contribution in [0.2, 0.25) is 0 Å². The molecule has 0 bridgehead atoms. The van der Waals surface area contributed by atoms with Crippen molar-refractivity contribution in [3.05, 3.63) is 7.05 Å². The van der Waals surface area contributed by atoms with Gasteiger partial charge in [0, 0.05) is 98.1 Å². The van der Waals surface area contributed by atoms with Gasteiger partial charge < -0.3 is 30.2 Å². The van der Waals surface area contributed by atoms with Gasteiger partial charge in [0.05, 0.1) is 0 Å². The first kappa shape index (κ1) is 22.5. The van der Waals surface area contributed by atoms with Gasteiger partial charge >= 0.3 is 0 Å². The monoisotopic (exact) mass is 372 g/mol. The molecule has 0 aliphatic carbocycles. The molecule has 0 heterocycles. The molecule has 0 aromatic carbocycles. The second kappa shape index (κ2) is 16.8. The summed E-state index contributed by atoms with van der Waals surface area (Å²) in [7, 11) is 3.19. The molecule has 3 radical (unpaired) electrons. The summed E-state index contributed by atoms with van der Waals surface area (Å²) < 4.78 is 0.310. The molecule has 0 fully saturated rings. The zero-order chi connectivity index (χ0) is 4.28. The van der Waals surface area contributed by atoms with E-state index in [9.17, 15) is 0 Å². The van der Waals surface area contributed by atoms with Crippen LogP contribution in [0.1, 0.15) is 0 Å². The topological polar surface area (TPSA) is 12.0 Å². The first-order valence-corrected chi connectivity index (χ1v) is 1.83. The van der Waals surface area contributed by atoms with Gasteiger partial charge in [-0.3, -0.25) is 7.05 Å². The first-order valence-electron chi connectivity index (χ1n) is 1.01. The van der Waals surface area contributed by atoms with Crippen molar-refractivity contribution in [2.75, 3.05) is 0 Å². The van der Waals surface area contributed by atoms with Crippen LogP contribution in [-0.4, -0.2) is 4.32 Å². The number of hydrogen-bond donors (Lipinski definition) is 1. The summed E-state index contributed by atoms with van der Waals surface area (Å²) in [6.45, 7) is 0. The van der Waals surface area contributed by atoms with Gasteiger partial charge in [0.15, 0.2) is 0 Å². The third-order valence-corrected chi connectivity index (χ3v) is 0.433. The maximum absolute atomic E-state index is 4.34. The van der Waals surface area contributed by atoms with Crippen LogP contribution in [-0.2, 0) is 111 Å². The van der Waals surface area contributed by atoms with Gasteiger partial charge in [-0.2, -0.15) is 0 Å². The summed E-state index contributed by atoms with van der Waals surface area (Å²) >= 11 is 8.68. The van der Waals surface area contributed by atoms with Crippen LogP contribution in [0.25, 0.3) is 0 Å². The Labute approximate surface area is 136 Å². The van der Waals surface area contributed by atoms with E-state index in [-0.39, 0.29) is 98.1 Å². The number of rotatable bonds is 0. The molecule has 0 atom stereocenters. The summed E-state index contributed by atoms with van der Waals surface area (Å²) in [4.78, 5) is 0. The predicted octanol–water partition coefficient (Wildman–Crippen LogP) is 0.192. The summed E-state index contributed by atoms with van der Waals surface area (Å²) in [6, 6.07) is 0. The van der Waals surface area contributed by atoms with Crippen molar-refractivity contribution in [3.63, 3.8) is 0 Å². The number of hydrogen-bond acceptors (Lipinski definition) is 2. The van der Waals surface area contributed by atoms with E-state index in [1.54, 1.807) is 0 Å². The fourth-order valence-corrected chi connectivity index (χ4v) is 0. The summed E-state index contributed by atoms with van der Waals surface area (Å²) in [5.74, 6) is 0. The van der Waals surface area contributed by atoms with Crippen molar-refractivity contribution in [1.29, 1.82) is 0 Å². The Morgan fingerprint density at radius 1 is 1.38 bits per heavy atom. The quantitative estimate of drug-likeness (QED) is 0.371. The van der Waals surface area contributed by atoms with Crippen molar-refractivity contribution in [2.24, 2.45) is 0 Å². The van der Waals surface area contributed by atoms with Gasteiger partial charge in [0.2, 0.25) is 0 Å². The molecule has 0 aromatic rings. The van der Waals surface area contributed by atoms with E-state index in [4.69, 9.17) is 0 Å². The maximum Gasteiger partial charge on any atom is 0 e. The molecule has 0 saturated heterocycles. The van der Waals surface area contributed by atoms with E-state index < -0.39 is 0 Å². The fraction of sp³-hybridized carbons (Fsp3) is 0. The van der Waals surface area contributed by atoms with E-state index in [2.05, 4.69) is 37.2 Å². The molecule has 0 unspecified atom stereocenters. The minimum atomic E-state index is 0. The third kappa shape index (κ3) is 22.7. The molecule has 0 rings (SSSR count). The molecule has 1 N–H and O–H groups in total. The van der Waals surface area contributed by atoms with Crippen molar-refractivity contribution < 1.29 is 98.1 Å². The molecule has 0 amide bonds. The molecule has 0 spiro atoms. The summed E-state index contributed by atoms with van der Waals surface area (Å²) in [5.41, 5.74) is 0.